The number of rotatable bonds is 9. The van der Waals surface area contributed by atoms with Crippen LogP contribution >= 0.6 is 0 Å². The number of benzene rings is 1. The third-order valence-electron chi connectivity index (χ3n) is 9.74. The fraction of sp³-hybridized carbons (Fsp3) is 0.700. The van der Waals surface area contributed by atoms with E-state index in [4.69, 9.17) is 18.9 Å². The number of allylic oxidation sites excluding steroid dienone is 1. The molecular weight excluding hydrogens is 484 g/mol. The van der Waals surface area contributed by atoms with Crippen molar-refractivity contribution in [3.63, 3.8) is 0 Å². The number of aliphatic hydroxyl groups is 1. The molecule has 0 bridgehead atoms. The summed E-state index contributed by atoms with van der Waals surface area (Å²) in [5.74, 6) is 1.18. The highest BCUT2D eigenvalue weighted by molar-refractivity contribution is 5.76. The molecular formula is C30H44N2O6. The number of ether oxygens (including phenoxy) is 4. The molecule has 1 aromatic carbocycles. The van der Waals surface area contributed by atoms with Crippen LogP contribution in [0.3, 0.4) is 0 Å². The normalized spacial score (nSPS) is 33.4. The minimum absolute atomic E-state index is 0.177. The van der Waals surface area contributed by atoms with E-state index in [0.29, 0.717) is 19.0 Å². The number of hydrogen-bond acceptors (Lipinski definition) is 8. The summed E-state index contributed by atoms with van der Waals surface area (Å²) < 4.78 is 22.7. The van der Waals surface area contributed by atoms with Gasteiger partial charge in [-0.25, -0.2) is 0 Å². The van der Waals surface area contributed by atoms with Gasteiger partial charge < -0.3 is 24.1 Å². The number of aliphatic hydroxyl groups excluding tert-OH is 1. The second-order valence-electron chi connectivity index (χ2n) is 11.7. The van der Waals surface area contributed by atoms with Gasteiger partial charge in [-0.3, -0.25) is 14.6 Å². The fourth-order valence-corrected chi connectivity index (χ4v) is 7.14. The Morgan fingerprint density at radius 2 is 2.00 bits per heavy atom. The van der Waals surface area contributed by atoms with Gasteiger partial charge in [0.15, 0.2) is 0 Å². The van der Waals surface area contributed by atoms with E-state index < -0.39 is 6.10 Å². The van der Waals surface area contributed by atoms with Crippen molar-refractivity contribution in [2.75, 3.05) is 60.2 Å². The molecule has 38 heavy (non-hydrogen) atoms. The Balaban J connectivity index is 1.39. The number of fused-ring (bicyclic) bond motifs is 2. The molecule has 3 fully saturated rings. The number of methoxy groups -OCH3 is 2. The summed E-state index contributed by atoms with van der Waals surface area (Å²) in [6, 6.07) is 5.83. The van der Waals surface area contributed by atoms with Gasteiger partial charge in [0.05, 0.1) is 39.5 Å². The number of carbonyl (C=O) groups excluding carboxylic acids is 1. The first-order valence-electron chi connectivity index (χ1n) is 14.2. The summed E-state index contributed by atoms with van der Waals surface area (Å²) in [5, 5.41) is 11.8. The van der Waals surface area contributed by atoms with E-state index in [1.807, 2.05) is 18.2 Å². The molecule has 8 nitrogen and oxygen atoms in total. The molecule has 6 unspecified atom stereocenters. The maximum atomic E-state index is 13.3. The van der Waals surface area contributed by atoms with Crippen molar-refractivity contribution >= 4 is 5.97 Å². The predicted octanol–water partition coefficient (Wildman–Crippen LogP) is 3.12. The molecule has 2 aliphatic carbocycles. The Morgan fingerprint density at radius 3 is 2.74 bits per heavy atom. The molecule has 1 saturated carbocycles. The van der Waals surface area contributed by atoms with E-state index >= 15 is 0 Å². The summed E-state index contributed by atoms with van der Waals surface area (Å²) >= 11 is 0. The molecule has 1 aromatic rings. The molecule has 210 valence electrons. The number of carbonyl (C=O) groups is 1. The molecule has 2 aliphatic heterocycles. The summed E-state index contributed by atoms with van der Waals surface area (Å²) in [6.07, 6.45) is 4.26. The molecule has 0 spiro atoms. The second kappa shape index (κ2) is 11.5. The standard InChI is InChI=1S/C30H44N2O6/c1-20-6-5-7-22-17-26-27(28(33)30(20,22)2)24(29(34)38-26)19-32(11-10-31-12-14-37-15-13-31)18-21-16-23(35-3)8-9-25(21)36-4/h7-9,16,20,24,26-28,33H,5-6,10-15,17-19H2,1-4H3. The number of hydrogen-bond donors (Lipinski definition) is 1. The summed E-state index contributed by atoms with van der Waals surface area (Å²) in [5.41, 5.74) is 1.98. The molecule has 6 atom stereocenters. The van der Waals surface area contributed by atoms with E-state index in [2.05, 4.69) is 29.7 Å². The maximum absolute atomic E-state index is 13.3. The van der Waals surface area contributed by atoms with Crippen LogP contribution in [0.1, 0.15) is 38.7 Å². The highest BCUT2D eigenvalue weighted by atomic mass is 16.6. The van der Waals surface area contributed by atoms with E-state index in [1.165, 1.54) is 5.57 Å². The van der Waals surface area contributed by atoms with Gasteiger partial charge in [0.25, 0.3) is 0 Å². The first-order valence-corrected chi connectivity index (χ1v) is 14.2. The number of nitrogens with zero attached hydrogens (tertiary/aromatic N) is 2. The van der Waals surface area contributed by atoms with Crippen LogP contribution in [0.2, 0.25) is 0 Å². The van der Waals surface area contributed by atoms with Crippen molar-refractivity contribution in [3.8, 4) is 11.5 Å². The van der Waals surface area contributed by atoms with Gasteiger partial charge in [-0.05, 0) is 37.0 Å². The Hall–Kier alpha value is -2.13. The maximum Gasteiger partial charge on any atom is 0.311 e. The lowest BCUT2D eigenvalue weighted by atomic mass is 9.55. The first-order chi connectivity index (χ1) is 18.3. The van der Waals surface area contributed by atoms with Crippen molar-refractivity contribution < 1.29 is 28.8 Å². The van der Waals surface area contributed by atoms with Crippen LogP contribution in [-0.2, 0) is 20.8 Å². The number of morpholine rings is 1. The average Bonchev–Trinajstić information content (AvgIpc) is 3.24. The SMILES string of the molecule is COc1ccc(OC)c(CN(CCN2CCOCC2)CC2C(=O)OC3CC4=CCCC(C)C4(C)C(O)C32)c1. The fourth-order valence-electron chi connectivity index (χ4n) is 7.14. The van der Waals surface area contributed by atoms with Crippen LogP contribution in [0.4, 0.5) is 0 Å². The minimum atomic E-state index is -0.605. The Morgan fingerprint density at radius 1 is 1.21 bits per heavy atom. The van der Waals surface area contributed by atoms with Gasteiger partial charge in [-0.1, -0.05) is 25.5 Å². The quantitative estimate of drug-likeness (QED) is 0.387. The van der Waals surface area contributed by atoms with Crippen LogP contribution in [0.15, 0.2) is 29.8 Å². The zero-order valence-corrected chi connectivity index (χ0v) is 23.4. The molecule has 0 amide bonds. The highest BCUT2D eigenvalue weighted by Gasteiger charge is 2.59. The molecule has 0 aromatic heterocycles. The van der Waals surface area contributed by atoms with Gasteiger partial charge in [-0.2, -0.15) is 0 Å². The van der Waals surface area contributed by atoms with E-state index in [9.17, 15) is 9.90 Å². The van der Waals surface area contributed by atoms with E-state index in [-0.39, 0.29) is 29.3 Å². The first kappa shape index (κ1) is 27.4. The molecule has 5 rings (SSSR count). The monoisotopic (exact) mass is 528 g/mol. The largest absolute Gasteiger partial charge is 0.497 e. The average molecular weight is 529 g/mol. The Kier molecular flexibility index (Phi) is 8.33. The van der Waals surface area contributed by atoms with Crippen molar-refractivity contribution in [2.45, 2.75) is 51.9 Å². The van der Waals surface area contributed by atoms with Crippen molar-refractivity contribution in [3.05, 3.63) is 35.4 Å². The summed E-state index contributed by atoms with van der Waals surface area (Å²) in [7, 11) is 3.34. The lowest BCUT2D eigenvalue weighted by molar-refractivity contribution is -0.145. The van der Waals surface area contributed by atoms with Gasteiger partial charge in [0.1, 0.15) is 17.6 Å². The van der Waals surface area contributed by atoms with Gasteiger partial charge in [0, 0.05) is 62.6 Å². The smallest absolute Gasteiger partial charge is 0.311 e. The van der Waals surface area contributed by atoms with Gasteiger partial charge in [0.2, 0.25) is 0 Å². The van der Waals surface area contributed by atoms with E-state index in [0.717, 1.165) is 75.7 Å². The van der Waals surface area contributed by atoms with Crippen molar-refractivity contribution in [1.29, 1.82) is 0 Å². The molecule has 0 radical (unpaired) electrons. The van der Waals surface area contributed by atoms with Crippen molar-refractivity contribution in [2.24, 2.45) is 23.2 Å². The molecule has 1 N–H and O–H groups in total. The molecule has 2 saturated heterocycles. The van der Waals surface area contributed by atoms with Gasteiger partial charge in [-0.15, -0.1) is 0 Å². The van der Waals surface area contributed by atoms with Crippen LogP contribution < -0.4 is 9.47 Å². The number of esters is 1. The predicted molar refractivity (Wildman–Crippen MR) is 144 cm³/mol. The summed E-state index contributed by atoms with van der Waals surface area (Å²) in [4.78, 5) is 18.1. The van der Waals surface area contributed by atoms with Crippen LogP contribution in [0, 0.1) is 23.2 Å². The summed E-state index contributed by atoms with van der Waals surface area (Å²) in [6.45, 7) is 10.6. The van der Waals surface area contributed by atoms with Gasteiger partial charge >= 0.3 is 5.97 Å². The van der Waals surface area contributed by atoms with Crippen molar-refractivity contribution in [1.82, 2.24) is 9.80 Å². The van der Waals surface area contributed by atoms with E-state index in [1.54, 1.807) is 14.2 Å². The Bertz CT molecular complexity index is 1020. The lowest BCUT2D eigenvalue weighted by Gasteiger charge is -2.52. The molecule has 8 heteroatoms. The van der Waals surface area contributed by atoms with Crippen LogP contribution in [0.25, 0.3) is 0 Å². The minimum Gasteiger partial charge on any atom is -0.497 e. The lowest BCUT2D eigenvalue weighted by Crippen LogP contribution is -2.54. The van der Waals surface area contributed by atoms with Crippen LogP contribution in [-0.4, -0.2) is 93.2 Å². The molecule has 2 heterocycles. The Labute approximate surface area is 226 Å². The molecule has 4 aliphatic rings. The zero-order chi connectivity index (χ0) is 26.9. The third-order valence-corrected chi connectivity index (χ3v) is 9.74. The topological polar surface area (TPSA) is 80.7 Å². The third kappa shape index (κ3) is 5.20. The zero-order valence-electron chi connectivity index (χ0n) is 23.4. The highest BCUT2D eigenvalue weighted by Crippen LogP contribution is 2.56. The second-order valence-corrected chi connectivity index (χ2v) is 11.7. The van der Waals surface area contributed by atoms with Crippen LogP contribution in [0.5, 0.6) is 11.5 Å².